The predicted octanol–water partition coefficient (Wildman–Crippen LogP) is 3.54. The summed E-state index contributed by atoms with van der Waals surface area (Å²) in [5, 5.41) is 0. The Labute approximate surface area is 89.9 Å². The molecule has 1 nitrogen and oxygen atoms in total. The van der Waals surface area contributed by atoms with Crippen molar-refractivity contribution < 1.29 is 0 Å². The van der Waals surface area contributed by atoms with Gasteiger partial charge in [0.05, 0.1) is 0 Å². The second kappa shape index (κ2) is 3.84. The standard InChI is InChI=1S/C13H27N/c1-12(2,3)11(13(4,5)6)14-9-7-8-10-14/h11H,7-10H2,1-6H3. The van der Waals surface area contributed by atoms with E-state index in [1.165, 1.54) is 25.9 Å². The molecule has 0 spiro atoms. The van der Waals surface area contributed by atoms with Crippen molar-refractivity contribution in [3.8, 4) is 0 Å². The fraction of sp³-hybridized carbons (Fsp3) is 1.00. The SMILES string of the molecule is CC(C)(C)C(N1CCCC1)C(C)(C)C. The second-order valence-corrected chi connectivity index (χ2v) is 6.88. The van der Waals surface area contributed by atoms with Gasteiger partial charge < -0.3 is 0 Å². The fourth-order valence-corrected chi connectivity index (χ4v) is 3.39. The molecule has 0 saturated carbocycles. The fourth-order valence-electron chi connectivity index (χ4n) is 3.39. The smallest absolute Gasteiger partial charge is 0.0192 e. The van der Waals surface area contributed by atoms with Crippen molar-refractivity contribution in [2.45, 2.75) is 60.4 Å². The average Bonchev–Trinajstić information content (AvgIpc) is 2.31. The van der Waals surface area contributed by atoms with Crippen LogP contribution in [-0.2, 0) is 0 Å². The summed E-state index contributed by atoms with van der Waals surface area (Å²) in [5.41, 5.74) is 0.783. The monoisotopic (exact) mass is 197 g/mol. The van der Waals surface area contributed by atoms with E-state index >= 15 is 0 Å². The lowest BCUT2D eigenvalue weighted by atomic mass is 9.71. The van der Waals surface area contributed by atoms with Crippen LogP contribution >= 0.6 is 0 Å². The van der Waals surface area contributed by atoms with Crippen LogP contribution < -0.4 is 0 Å². The summed E-state index contributed by atoms with van der Waals surface area (Å²) in [6, 6.07) is 0.706. The third-order valence-electron chi connectivity index (χ3n) is 3.15. The minimum absolute atomic E-state index is 0.391. The quantitative estimate of drug-likeness (QED) is 0.621. The molecule has 14 heavy (non-hydrogen) atoms. The first-order valence-corrected chi connectivity index (χ1v) is 5.97. The van der Waals surface area contributed by atoms with E-state index < -0.39 is 0 Å². The molecule has 0 amide bonds. The highest BCUT2D eigenvalue weighted by Gasteiger charge is 2.39. The molecule has 1 saturated heterocycles. The Hall–Kier alpha value is -0.0400. The lowest BCUT2D eigenvalue weighted by molar-refractivity contribution is 0.0333. The molecule has 0 N–H and O–H groups in total. The summed E-state index contributed by atoms with van der Waals surface area (Å²) in [6.45, 7) is 16.9. The van der Waals surface area contributed by atoms with Gasteiger partial charge in [-0.3, -0.25) is 4.90 Å². The van der Waals surface area contributed by atoms with Gasteiger partial charge in [0.25, 0.3) is 0 Å². The van der Waals surface area contributed by atoms with Crippen molar-refractivity contribution in [1.82, 2.24) is 4.90 Å². The van der Waals surface area contributed by atoms with E-state index in [1.54, 1.807) is 0 Å². The van der Waals surface area contributed by atoms with Crippen LogP contribution in [0, 0.1) is 10.8 Å². The van der Waals surface area contributed by atoms with Crippen LogP contribution in [-0.4, -0.2) is 24.0 Å². The Morgan fingerprint density at radius 1 is 0.786 bits per heavy atom. The molecule has 0 radical (unpaired) electrons. The van der Waals surface area contributed by atoms with Gasteiger partial charge in [-0.25, -0.2) is 0 Å². The van der Waals surface area contributed by atoms with Gasteiger partial charge in [-0.2, -0.15) is 0 Å². The highest BCUT2D eigenvalue weighted by Crippen LogP contribution is 2.38. The van der Waals surface area contributed by atoms with E-state index in [4.69, 9.17) is 0 Å². The Bertz CT molecular complexity index is 162. The minimum Gasteiger partial charge on any atom is -0.299 e. The molecule has 0 aromatic rings. The molecule has 0 unspecified atom stereocenters. The van der Waals surface area contributed by atoms with E-state index in [2.05, 4.69) is 46.4 Å². The molecule has 0 aromatic carbocycles. The van der Waals surface area contributed by atoms with E-state index in [0.717, 1.165) is 0 Å². The second-order valence-electron chi connectivity index (χ2n) is 6.88. The first-order valence-electron chi connectivity index (χ1n) is 5.97. The van der Waals surface area contributed by atoms with E-state index in [9.17, 15) is 0 Å². The van der Waals surface area contributed by atoms with Crippen molar-refractivity contribution in [3.05, 3.63) is 0 Å². The average molecular weight is 197 g/mol. The van der Waals surface area contributed by atoms with Gasteiger partial charge in [-0.15, -0.1) is 0 Å². The number of likely N-dealkylation sites (tertiary alicyclic amines) is 1. The van der Waals surface area contributed by atoms with Crippen molar-refractivity contribution in [1.29, 1.82) is 0 Å². The first kappa shape index (κ1) is 12.0. The zero-order valence-electron chi connectivity index (χ0n) is 10.9. The molecule has 1 fully saturated rings. The van der Waals surface area contributed by atoms with Gasteiger partial charge in [0.15, 0.2) is 0 Å². The van der Waals surface area contributed by atoms with Gasteiger partial charge in [0.2, 0.25) is 0 Å². The number of hydrogen-bond acceptors (Lipinski definition) is 1. The van der Waals surface area contributed by atoms with E-state index in [0.29, 0.717) is 16.9 Å². The third-order valence-corrected chi connectivity index (χ3v) is 3.15. The Morgan fingerprint density at radius 2 is 1.14 bits per heavy atom. The summed E-state index contributed by atoms with van der Waals surface area (Å²) < 4.78 is 0. The van der Waals surface area contributed by atoms with Crippen LogP contribution in [0.15, 0.2) is 0 Å². The molecule has 0 aliphatic carbocycles. The molecule has 1 aliphatic heterocycles. The molecule has 0 aromatic heterocycles. The van der Waals surface area contributed by atoms with Crippen LogP contribution in [0.1, 0.15) is 54.4 Å². The Kier molecular flexibility index (Phi) is 3.30. The summed E-state index contributed by atoms with van der Waals surface area (Å²) >= 11 is 0. The summed E-state index contributed by atoms with van der Waals surface area (Å²) in [4.78, 5) is 2.69. The van der Waals surface area contributed by atoms with Gasteiger partial charge in [-0.05, 0) is 36.8 Å². The maximum Gasteiger partial charge on any atom is 0.0192 e. The molecule has 1 heteroatoms. The summed E-state index contributed by atoms with van der Waals surface area (Å²) in [7, 11) is 0. The van der Waals surface area contributed by atoms with Crippen LogP contribution in [0.5, 0.6) is 0 Å². The lowest BCUT2D eigenvalue weighted by Crippen LogP contribution is -2.50. The van der Waals surface area contributed by atoms with Crippen molar-refractivity contribution in [2.75, 3.05) is 13.1 Å². The summed E-state index contributed by atoms with van der Waals surface area (Å²) in [6.07, 6.45) is 2.78. The zero-order chi connectivity index (χ0) is 11.0. The number of hydrogen-bond donors (Lipinski definition) is 0. The Balaban J connectivity index is 2.82. The van der Waals surface area contributed by atoms with Crippen molar-refractivity contribution in [2.24, 2.45) is 10.8 Å². The molecule has 1 aliphatic rings. The van der Waals surface area contributed by atoms with E-state index in [1.807, 2.05) is 0 Å². The minimum atomic E-state index is 0.391. The normalized spacial score (nSPS) is 20.8. The number of rotatable bonds is 1. The molecule has 1 rings (SSSR count). The highest BCUT2D eigenvalue weighted by molar-refractivity contribution is 4.93. The van der Waals surface area contributed by atoms with Crippen LogP contribution in [0.25, 0.3) is 0 Å². The molecule has 0 bridgehead atoms. The highest BCUT2D eigenvalue weighted by atomic mass is 15.2. The number of nitrogens with zero attached hydrogens (tertiary/aromatic N) is 1. The molecule has 1 heterocycles. The summed E-state index contributed by atoms with van der Waals surface area (Å²) in [5.74, 6) is 0. The van der Waals surface area contributed by atoms with Crippen LogP contribution in [0.4, 0.5) is 0 Å². The lowest BCUT2D eigenvalue weighted by Gasteiger charge is -2.46. The largest absolute Gasteiger partial charge is 0.299 e. The van der Waals surface area contributed by atoms with Crippen molar-refractivity contribution in [3.63, 3.8) is 0 Å². The predicted molar refractivity (Wildman–Crippen MR) is 63.5 cm³/mol. The van der Waals surface area contributed by atoms with Crippen molar-refractivity contribution >= 4 is 0 Å². The Morgan fingerprint density at radius 3 is 1.43 bits per heavy atom. The molecular formula is C13H27N. The topological polar surface area (TPSA) is 3.24 Å². The first-order chi connectivity index (χ1) is 6.23. The molecule has 0 atom stereocenters. The maximum atomic E-state index is 2.69. The van der Waals surface area contributed by atoms with Crippen LogP contribution in [0.2, 0.25) is 0 Å². The van der Waals surface area contributed by atoms with Crippen LogP contribution in [0.3, 0.4) is 0 Å². The van der Waals surface area contributed by atoms with Gasteiger partial charge in [0, 0.05) is 6.04 Å². The maximum absolute atomic E-state index is 2.69. The van der Waals surface area contributed by atoms with E-state index in [-0.39, 0.29) is 0 Å². The van der Waals surface area contributed by atoms with Gasteiger partial charge in [-0.1, -0.05) is 41.5 Å². The van der Waals surface area contributed by atoms with Gasteiger partial charge >= 0.3 is 0 Å². The zero-order valence-corrected chi connectivity index (χ0v) is 10.9. The molecule has 84 valence electrons. The molecular weight excluding hydrogens is 170 g/mol. The van der Waals surface area contributed by atoms with Gasteiger partial charge in [0.1, 0.15) is 0 Å². The third kappa shape index (κ3) is 2.73.